The zero-order chi connectivity index (χ0) is 16.6. The first-order chi connectivity index (χ1) is 10.3. The maximum Gasteiger partial charge on any atom is 0.294 e. The molecule has 0 unspecified atom stereocenters. The predicted octanol–water partition coefficient (Wildman–Crippen LogP) is -0.0747. The third kappa shape index (κ3) is 6.28. The fourth-order valence-corrected chi connectivity index (χ4v) is 3.02. The number of aliphatic hydroxyl groups excluding tert-OH is 1. The Kier molecular flexibility index (Phi) is 7.08. The second kappa shape index (κ2) is 8.56. The quantitative estimate of drug-likeness (QED) is 0.359. The van der Waals surface area contributed by atoms with Crippen LogP contribution in [0.2, 0.25) is 0 Å². The first kappa shape index (κ1) is 18.2. The molecule has 0 fully saturated rings. The van der Waals surface area contributed by atoms with Gasteiger partial charge in [-0.2, -0.15) is 0 Å². The summed E-state index contributed by atoms with van der Waals surface area (Å²) in [7, 11) is -3.97. The maximum atomic E-state index is 11.9. The highest BCUT2D eigenvalue weighted by Gasteiger charge is 2.17. The number of thioether (sulfide) groups is 1. The van der Waals surface area contributed by atoms with Crippen LogP contribution in [0.25, 0.3) is 0 Å². The van der Waals surface area contributed by atoms with E-state index in [4.69, 9.17) is 5.11 Å². The van der Waals surface area contributed by atoms with Crippen molar-refractivity contribution in [3.8, 4) is 0 Å². The van der Waals surface area contributed by atoms with E-state index in [-0.39, 0.29) is 29.6 Å². The van der Waals surface area contributed by atoms with Gasteiger partial charge in [-0.3, -0.25) is 4.79 Å². The Balaban J connectivity index is 2.46. The average Bonchev–Trinajstić information content (AvgIpc) is 2.46. The van der Waals surface area contributed by atoms with Crippen LogP contribution in [0.5, 0.6) is 0 Å². The van der Waals surface area contributed by atoms with E-state index in [9.17, 15) is 23.3 Å². The number of hydrogen-bond acceptors (Lipinski definition) is 8. The zero-order valence-electron chi connectivity index (χ0n) is 11.3. The molecule has 122 valence electrons. The molecule has 0 heterocycles. The lowest BCUT2D eigenvalue weighted by Crippen LogP contribution is -2.32. The van der Waals surface area contributed by atoms with Crippen molar-refractivity contribution < 1.29 is 28.2 Å². The van der Waals surface area contributed by atoms with Gasteiger partial charge in [0.05, 0.1) is 17.3 Å². The molecule has 0 aromatic heterocycles. The first-order valence-corrected chi connectivity index (χ1v) is 8.59. The number of rotatable bonds is 9. The summed E-state index contributed by atoms with van der Waals surface area (Å²) in [5.41, 5.74) is 0.548. The van der Waals surface area contributed by atoms with Gasteiger partial charge >= 0.3 is 0 Å². The normalized spacial score (nSPS) is 11.0. The van der Waals surface area contributed by atoms with E-state index in [0.717, 1.165) is 11.8 Å². The number of hydrogen-bond donors (Lipinski definition) is 2. The topological polar surface area (TPSA) is 136 Å². The van der Waals surface area contributed by atoms with Gasteiger partial charge in [-0.25, -0.2) is 13.1 Å². The van der Waals surface area contributed by atoms with Gasteiger partial charge in [0.15, 0.2) is 0 Å². The molecule has 0 aliphatic carbocycles. The van der Waals surface area contributed by atoms with Crippen LogP contribution in [0.15, 0.2) is 29.2 Å². The second-order valence-electron chi connectivity index (χ2n) is 3.94. The van der Waals surface area contributed by atoms with Crippen LogP contribution in [0, 0.1) is 10.1 Å². The van der Waals surface area contributed by atoms with Crippen molar-refractivity contribution in [2.45, 2.75) is 11.5 Å². The first-order valence-electron chi connectivity index (χ1n) is 5.95. The van der Waals surface area contributed by atoms with Crippen LogP contribution in [-0.2, 0) is 26.3 Å². The van der Waals surface area contributed by atoms with Crippen LogP contribution < -0.4 is 4.72 Å². The third-order valence-corrected chi connectivity index (χ3v) is 4.63. The monoisotopic (exact) mass is 350 g/mol. The summed E-state index contributed by atoms with van der Waals surface area (Å²) in [4.78, 5) is 25.4. The van der Waals surface area contributed by atoms with Gasteiger partial charge in [0.25, 0.3) is 15.1 Å². The minimum Gasteiger partial charge on any atom is -0.392 e. The second-order valence-corrected chi connectivity index (χ2v) is 6.73. The highest BCUT2D eigenvalue weighted by Crippen LogP contribution is 2.11. The van der Waals surface area contributed by atoms with Gasteiger partial charge in [0, 0.05) is 5.75 Å². The Labute approximate surface area is 130 Å². The minimum absolute atomic E-state index is 0.0975. The fourth-order valence-electron chi connectivity index (χ4n) is 1.35. The van der Waals surface area contributed by atoms with Crippen LogP contribution >= 0.6 is 11.8 Å². The van der Waals surface area contributed by atoms with E-state index in [2.05, 4.69) is 4.84 Å². The van der Waals surface area contributed by atoms with Gasteiger partial charge in [-0.05, 0) is 17.7 Å². The highest BCUT2D eigenvalue weighted by molar-refractivity contribution is 8.00. The van der Waals surface area contributed by atoms with Crippen molar-refractivity contribution in [3.05, 3.63) is 39.9 Å². The van der Waals surface area contributed by atoms with E-state index in [1.54, 1.807) is 0 Å². The van der Waals surface area contributed by atoms with E-state index in [0.29, 0.717) is 5.56 Å². The molecule has 1 rings (SSSR count). The summed E-state index contributed by atoms with van der Waals surface area (Å²) >= 11 is 1.01. The third-order valence-electron chi connectivity index (χ3n) is 2.32. The van der Waals surface area contributed by atoms with Crippen molar-refractivity contribution in [2.75, 3.05) is 18.1 Å². The number of nitrogens with one attached hydrogen (secondary N) is 1. The smallest absolute Gasteiger partial charge is 0.294 e. The highest BCUT2D eigenvalue weighted by atomic mass is 32.2. The molecule has 0 saturated heterocycles. The van der Waals surface area contributed by atoms with Crippen LogP contribution in [-0.4, -0.2) is 42.6 Å². The van der Waals surface area contributed by atoms with Gasteiger partial charge in [-0.15, -0.1) is 21.9 Å². The molecule has 0 atom stereocenters. The average molecular weight is 350 g/mol. The van der Waals surface area contributed by atoms with Crippen molar-refractivity contribution in [3.63, 3.8) is 0 Å². The minimum atomic E-state index is -3.97. The van der Waals surface area contributed by atoms with Gasteiger partial charge in [-0.1, -0.05) is 12.1 Å². The van der Waals surface area contributed by atoms with Crippen molar-refractivity contribution in [2.24, 2.45) is 0 Å². The molecule has 1 aromatic rings. The molecular weight excluding hydrogens is 336 g/mol. The Morgan fingerprint density at radius 1 is 1.36 bits per heavy atom. The number of carbonyl (C=O) groups is 1. The molecule has 0 bridgehead atoms. The zero-order valence-corrected chi connectivity index (χ0v) is 12.9. The Morgan fingerprint density at radius 2 is 2.00 bits per heavy atom. The van der Waals surface area contributed by atoms with Crippen molar-refractivity contribution in [1.82, 2.24) is 4.72 Å². The maximum absolute atomic E-state index is 11.9. The summed E-state index contributed by atoms with van der Waals surface area (Å²) in [5.74, 6) is -0.730. The Bertz CT molecular complexity index is 616. The molecule has 0 aliphatic heterocycles. The lowest BCUT2D eigenvalue weighted by Gasteiger charge is -2.07. The summed E-state index contributed by atoms with van der Waals surface area (Å²) in [6.45, 7) is -0.393. The lowest BCUT2D eigenvalue weighted by atomic mass is 10.2. The molecule has 11 heteroatoms. The van der Waals surface area contributed by atoms with Gasteiger partial charge in [0.1, 0.15) is 6.61 Å². The summed E-state index contributed by atoms with van der Waals surface area (Å²) in [6.07, 6.45) is 0. The van der Waals surface area contributed by atoms with E-state index in [1.807, 2.05) is 4.72 Å². The molecule has 0 saturated carbocycles. The SMILES string of the molecule is O=C(CSCCO[N+](=O)[O-])NS(=O)(=O)c1ccc(CO)cc1. The lowest BCUT2D eigenvalue weighted by molar-refractivity contribution is -0.756. The molecule has 9 nitrogen and oxygen atoms in total. The summed E-state index contributed by atoms with van der Waals surface area (Å²) in [5, 5.41) is 17.8. The molecule has 2 N–H and O–H groups in total. The number of nitrogens with zero attached hydrogens (tertiary/aromatic N) is 1. The fraction of sp³-hybridized carbons (Fsp3) is 0.364. The molecule has 1 aromatic carbocycles. The number of amides is 1. The molecule has 0 aliphatic rings. The van der Waals surface area contributed by atoms with E-state index < -0.39 is 21.0 Å². The number of aliphatic hydroxyl groups is 1. The number of carbonyl (C=O) groups excluding carboxylic acids is 1. The number of sulfonamides is 1. The molecule has 0 radical (unpaired) electrons. The molecule has 22 heavy (non-hydrogen) atoms. The van der Waals surface area contributed by atoms with Gasteiger partial charge in [0.2, 0.25) is 5.91 Å². The molecule has 1 amide bonds. The number of benzene rings is 1. The molecular formula is C11H14N2O7S2. The predicted molar refractivity (Wildman–Crippen MR) is 78.0 cm³/mol. The van der Waals surface area contributed by atoms with Gasteiger partial charge < -0.3 is 9.94 Å². The van der Waals surface area contributed by atoms with Crippen molar-refractivity contribution in [1.29, 1.82) is 0 Å². The van der Waals surface area contributed by atoms with E-state index in [1.165, 1.54) is 24.3 Å². The van der Waals surface area contributed by atoms with Crippen LogP contribution in [0.1, 0.15) is 5.56 Å². The standard InChI is InChI=1S/C11H14N2O7S2/c14-7-9-1-3-10(4-2-9)22(18,19)12-11(15)8-21-6-5-20-13(16)17/h1-4,14H,5-8H2,(H,12,15). The Morgan fingerprint density at radius 3 is 2.55 bits per heavy atom. The van der Waals surface area contributed by atoms with Crippen LogP contribution in [0.4, 0.5) is 0 Å². The largest absolute Gasteiger partial charge is 0.392 e. The Hall–Kier alpha value is -1.85. The van der Waals surface area contributed by atoms with E-state index >= 15 is 0 Å². The van der Waals surface area contributed by atoms with Crippen LogP contribution in [0.3, 0.4) is 0 Å². The van der Waals surface area contributed by atoms with Crippen molar-refractivity contribution >= 4 is 27.7 Å². The summed E-state index contributed by atoms with van der Waals surface area (Å²) in [6, 6.07) is 5.42. The summed E-state index contributed by atoms with van der Waals surface area (Å²) < 4.78 is 25.7. The molecule has 0 spiro atoms.